The standard InChI is InChI=1S/C15H31N5O2.HI/c1-8-16-13(17-9-11(21)19-14(2,3)4)18-10-12(22)20-15(5,6)7;/h8-10H2,1-7H3,(H,19,21)(H,20,22)(H2,16,17,18);1H. The van der Waals surface area contributed by atoms with E-state index >= 15 is 0 Å². The van der Waals surface area contributed by atoms with Crippen LogP contribution in [0.1, 0.15) is 48.5 Å². The Morgan fingerprint density at radius 2 is 1.35 bits per heavy atom. The lowest BCUT2D eigenvalue weighted by Gasteiger charge is -2.21. The summed E-state index contributed by atoms with van der Waals surface area (Å²) in [6.45, 7) is 14.2. The highest BCUT2D eigenvalue weighted by Crippen LogP contribution is 1.98. The van der Waals surface area contributed by atoms with Gasteiger partial charge < -0.3 is 21.3 Å². The van der Waals surface area contributed by atoms with E-state index in [2.05, 4.69) is 26.3 Å². The van der Waals surface area contributed by atoms with Crippen molar-refractivity contribution >= 4 is 41.8 Å². The van der Waals surface area contributed by atoms with Gasteiger partial charge in [0.1, 0.15) is 6.54 Å². The van der Waals surface area contributed by atoms with Crippen LogP contribution >= 0.6 is 24.0 Å². The molecule has 0 rings (SSSR count). The quantitative estimate of drug-likeness (QED) is 0.291. The van der Waals surface area contributed by atoms with Crippen LogP contribution in [0, 0.1) is 0 Å². The van der Waals surface area contributed by atoms with E-state index in [1.54, 1.807) is 0 Å². The van der Waals surface area contributed by atoms with Crippen molar-refractivity contribution in [1.82, 2.24) is 21.3 Å². The van der Waals surface area contributed by atoms with Crippen LogP contribution in [0.2, 0.25) is 0 Å². The molecule has 0 aliphatic heterocycles. The molecule has 7 nitrogen and oxygen atoms in total. The summed E-state index contributed by atoms with van der Waals surface area (Å²) in [6, 6.07) is 0. The third kappa shape index (κ3) is 15.6. The first kappa shape index (κ1) is 24.2. The van der Waals surface area contributed by atoms with E-state index < -0.39 is 0 Å². The molecule has 0 aromatic rings. The molecule has 0 fully saturated rings. The first-order chi connectivity index (χ1) is 9.93. The molecular weight excluding hydrogens is 409 g/mol. The van der Waals surface area contributed by atoms with Gasteiger partial charge in [-0.3, -0.25) is 9.59 Å². The number of nitrogens with zero attached hydrogens (tertiary/aromatic N) is 1. The van der Waals surface area contributed by atoms with Crippen molar-refractivity contribution in [3.8, 4) is 0 Å². The lowest BCUT2D eigenvalue weighted by atomic mass is 10.1. The number of hydrogen-bond acceptors (Lipinski definition) is 3. The second-order valence-corrected chi connectivity index (χ2v) is 7.15. The summed E-state index contributed by atoms with van der Waals surface area (Å²) >= 11 is 0. The smallest absolute Gasteiger partial charge is 0.242 e. The highest BCUT2D eigenvalue weighted by Gasteiger charge is 2.15. The maximum atomic E-state index is 11.8. The lowest BCUT2D eigenvalue weighted by Crippen LogP contribution is -2.48. The minimum absolute atomic E-state index is 0. The summed E-state index contributed by atoms with van der Waals surface area (Å²) in [6.07, 6.45) is 0. The molecule has 0 aliphatic carbocycles. The molecule has 0 heterocycles. The molecule has 8 heteroatoms. The molecule has 136 valence electrons. The molecule has 23 heavy (non-hydrogen) atoms. The van der Waals surface area contributed by atoms with Gasteiger partial charge in [0.05, 0.1) is 6.54 Å². The number of carbonyl (C=O) groups is 2. The van der Waals surface area contributed by atoms with Crippen molar-refractivity contribution in [2.75, 3.05) is 19.6 Å². The van der Waals surface area contributed by atoms with Gasteiger partial charge in [-0.15, -0.1) is 24.0 Å². The predicted octanol–water partition coefficient (Wildman–Crippen LogP) is 0.989. The maximum Gasteiger partial charge on any atom is 0.242 e. The van der Waals surface area contributed by atoms with Crippen LogP contribution in [0.5, 0.6) is 0 Å². The van der Waals surface area contributed by atoms with Gasteiger partial charge in [-0.05, 0) is 48.5 Å². The number of carbonyl (C=O) groups excluding carboxylic acids is 2. The minimum atomic E-state index is -0.287. The molecular formula is C15H32IN5O2. The lowest BCUT2D eigenvalue weighted by molar-refractivity contribution is -0.122. The predicted molar refractivity (Wildman–Crippen MR) is 105 cm³/mol. The summed E-state index contributed by atoms with van der Waals surface area (Å²) in [5, 5.41) is 11.6. The second kappa shape index (κ2) is 10.7. The van der Waals surface area contributed by atoms with E-state index in [1.165, 1.54) is 0 Å². The Balaban J connectivity index is 0. The summed E-state index contributed by atoms with van der Waals surface area (Å²) in [7, 11) is 0. The van der Waals surface area contributed by atoms with Crippen LogP contribution in [0.15, 0.2) is 4.99 Å². The fourth-order valence-electron chi connectivity index (χ4n) is 1.58. The van der Waals surface area contributed by atoms with E-state index in [1.807, 2.05) is 48.5 Å². The van der Waals surface area contributed by atoms with Crippen LogP contribution in [-0.4, -0.2) is 48.5 Å². The minimum Gasteiger partial charge on any atom is -0.357 e. The Morgan fingerprint density at radius 1 is 0.870 bits per heavy atom. The number of hydrogen-bond donors (Lipinski definition) is 4. The average Bonchev–Trinajstić information content (AvgIpc) is 2.28. The third-order valence-corrected chi connectivity index (χ3v) is 2.17. The largest absolute Gasteiger partial charge is 0.357 e. The molecule has 0 unspecified atom stereocenters. The van der Waals surface area contributed by atoms with Gasteiger partial charge in [0.25, 0.3) is 0 Å². The Labute approximate surface area is 156 Å². The summed E-state index contributed by atoms with van der Waals surface area (Å²) < 4.78 is 0. The Kier molecular flexibility index (Phi) is 11.2. The number of aliphatic imine (C=N–C) groups is 1. The molecule has 0 bridgehead atoms. The molecule has 0 aromatic carbocycles. The van der Waals surface area contributed by atoms with Gasteiger partial charge in [-0.25, -0.2) is 4.99 Å². The molecule has 4 N–H and O–H groups in total. The highest BCUT2D eigenvalue weighted by molar-refractivity contribution is 14.0. The Hall–Kier alpha value is -1.06. The van der Waals surface area contributed by atoms with E-state index in [-0.39, 0.29) is 60.0 Å². The topological polar surface area (TPSA) is 94.6 Å². The van der Waals surface area contributed by atoms with Gasteiger partial charge in [0, 0.05) is 17.6 Å². The van der Waals surface area contributed by atoms with Crippen molar-refractivity contribution in [3.63, 3.8) is 0 Å². The summed E-state index contributed by atoms with van der Waals surface area (Å²) in [5.41, 5.74) is -0.564. The molecule has 2 amide bonds. The molecule has 0 radical (unpaired) electrons. The monoisotopic (exact) mass is 441 g/mol. The first-order valence-corrected chi connectivity index (χ1v) is 7.57. The van der Waals surface area contributed by atoms with Crippen molar-refractivity contribution in [2.24, 2.45) is 4.99 Å². The van der Waals surface area contributed by atoms with Gasteiger partial charge in [0.2, 0.25) is 11.8 Å². The average molecular weight is 441 g/mol. The van der Waals surface area contributed by atoms with E-state index in [0.717, 1.165) is 0 Å². The molecule has 0 aliphatic rings. The van der Waals surface area contributed by atoms with Crippen LogP contribution in [-0.2, 0) is 9.59 Å². The second-order valence-electron chi connectivity index (χ2n) is 7.15. The van der Waals surface area contributed by atoms with E-state index in [9.17, 15) is 9.59 Å². The Bertz CT molecular complexity index is 411. The van der Waals surface area contributed by atoms with Crippen LogP contribution in [0.3, 0.4) is 0 Å². The van der Waals surface area contributed by atoms with Crippen LogP contribution in [0.25, 0.3) is 0 Å². The number of amides is 2. The molecule has 0 saturated carbocycles. The van der Waals surface area contributed by atoms with Crippen molar-refractivity contribution in [3.05, 3.63) is 0 Å². The van der Waals surface area contributed by atoms with Gasteiger partial charge in [-0.2, -0.15) is 0 Å². The van der Waals surface area contributed by atoms with Crippen LogP contribution < -0.4 is 21.3 Å². The number of halogens is 1. The molecule has 0 aromatic heterocycles. The summed E-state index contributed by atoms with van der Waals surface area (Å²) in [4.78, 5) is 27.7. The number of rotatable bonds is 5. The number of nitrogens with one attached hydrogen (secondary N) is 4. The van der Waals surface area contributed by atoms with E-state index in [4.69, 9.17) is 0 Å². The van der Waals surface area contributed by atoms with Crippen LogP contribution in [0.4, 0.5) is 0 Å². The highest BCUT2D eigenvalue weighted by atomic mass is 127. The van der Waals surface area contributed by atoms with Gasteiger partial charge >= 0.3 is 0 Å². The zero-order valence-electron chi connectivity index (χ0n) is 15.3. The van der Waals surface area contributed by atoms with Crippen molar-refractivity contribution in [2.45, 2.75) is 59.5 Å². The van der Waals surface area contributed by atoms with Gasteiger partial charge in [-0.1, -0.05) is 0 Å². The molecule has 0 saturated heterocycles. The summed E-state index contributed by atoms with van der Waals surface area (Å²) in [5.74, 6) is 0.150. The van der Waals surface area contributed by atoms with Gasteiger partial charge in [0.15, 0.2) is 5.96 Å². The Morgan fingerprint density at radius 3 is 1.78 bits per heavy atom. The molecule has 0 spiro atoms. The SMILES string of the molecule is CCNC(=NCC(=O)NC(C)(C)C)NCC(=O)NC(C)(C)C.I. The van der Waals surface area contributed by atoms with E-state index in [0.29, 0.717) is 12.5 Å². The number of guanidine groups is 1. The molecule has 0 atom stereocenters. The zero-order valence-corrected chi connectivity index (χ0v) is 17.6. The van der Waals surface area contributed by atoms with Crippen molar-refractivity contribution in [1.29, 1.82) is 0 Å². The fraction of sp³-hybridized carbons (Fsp3) is 0.800. The third-order valence-electron chi connectivity index (χ3n) is 2.17. The maximum absolute atomic E-state index is 11.8. The first-order valence-electron chi connectivity index (χ1n) is 7.57. The normalized spacial score (nSPS) is 12.0. The zero-order chi connectivity index (χ0) is 17.4. The van der Waals surface area contributed by atoms with Crippen molar-refractivity contribution < 1.29 is 9.59 Å². The fourth-order valence-corrected chi connectivity index (χ4v) is 1.58.